The van der Waals surface area contributed by atoms with E-state index in [9.17, 15) is 4.79 Å². The van der Waals surface area contributed by atoms with E-state index in [2.05, 4.69) is 10.5 Å². The van der Waals surface area contributed by atoms with Gasteiger partial charge in [-0.25, -0.2) is 0 Å². The Morgan fingerprint density at radius 3 is 2.76 bits per heavy atom. The number of hydrogen-bond donors (Lipinski definition) is 1. The van der Waals surface area contributed by atoms with Crippen molar-refractivity contribution in [3.63, 3.8) is 0 Å². The lowest BCUT2D eigenvalue weighted by Crippen LogP contribution is -2.12. The third kappa shape index (κ3) is 2.65. The highest BCUT2D eigenvalue weighted by Gasteiger charge is 2.14. The molecule has 0 bridgehead atoms. The van der Waals surface area contributed by atoms with Gasteiger partial charge in [0.2, 0.25) is 0 Å². The number of benzene rings is 1. The molecule has 1 aromatic carbocycles. The van der Waals surface area contributed by atoms with Crippen LogP contribution in [0.4, 0.5) is 5.69 Å². The summed E-state index contributed by atoms with van der Waals surface area (Å²) in [5, 5.41) is 6.99. The molecule has 1 N–H and O–H groups in total. The van der Waals surface area contributed by atoms with Crippen molar-refractivity contribution >= 4 is 23.2 Å². The Labute approximate surface area is 104 Å². The predicted octanol–water partition coefficient (Wildman–Crippen LogP) is 3.14. The first-order chi connectivity index (χ1) is 8.20. The van der Waals surface area contributed by atoms with Gasteiger partial charge in [-0.15, -0.1) is 0 Å². The average Bonchev–Trinajstić information content (AvgIpc) is 2.80. The van der Waals surface area contributed by atoms with Crippen LogP contribution >= 0.6 is 11.6 Å². The quantitative estimate of drug-likeness (QED) is 0.910. The average molecular weight is 251 g/mol. The Morgan fingerprint density at radius 2 is 2.12 bits per heavy atom. The summed E-state index contributed by atoms with van der Waals surface area (Å²) in [4.78, 5) is 11.9. The third-order valence-corrected chi connectivity index (χ3v) is 2.56. The van der Waals surface area contributed by atoms with Gasteiger partial charge in [-0.2, -0.15) is 0 Å². The molecule has 0 saturated heterocycles. The molecule has 0 aliphatic rings. The third-order valence-electron chi connectivity index (χ3n) is 2.31. The van der Waals surface area contributed by atoms with Crippen molar-refractivity contribution in [2.24, 2.45) is 0 Å². The minimum absolute atomic E-state index is 0.231. The first-order valence-corrected chi connectivity index (χ1v) is 5.59. The molecular weight excluding hydrogens is 240 g/mol. The van der Waals surface area contributed by atoms with Crippen molar-refractivity contribution in [3.05, 3.63) is 46.8 Å². The normalized spacial score (nSPS) is 10.2. The molecule has 2 rings (SSSR count). The summed E-state index contributed by atoms with van der Waals surface area (Å²) in [6, 6.07) is 6.90. The lowest BCUT2D eigenvalue weighted by molar-refractivity contribution is 0.102. The van der Waals surface area contributed by atoms with E-state index in [1.165, 1.54) is 6.20 Å². The van der Waals surface area contributed by atoms with Crippen LogP contribution < -0.4 is 5.32 Å². The molecule has 17 heavy (non-hydrogen) atoms. The maximum Gasteiger partial charge on any atom is 0.260 e. The van der Waals surface area contributed by atoms with E-state index in [1.807, 2.05) is 6.92 Å². The molecule has 0 unspecified atom stereocenters. The molecule has 0 aliphatic heterocycles. The highest BCUT2D eigenvalue weighted by molar-refractivity contribution is 6.30. The molecule has 0 aliphatic carbocycles. The lowest BCUT2D eigenvalue weighted by Gasteiger charge is -2.03. The Morgan fingerprint density at radius 1 is 1.41 bits per heavy atom. The van der Waals surface area contributed by atoms with Crippen LogP contribution in [0.5, 0.6) is 0 Å². The van der Waals surface area contributed by atoms with Crippen LogP contribution in [0.25, 0.3) is 0 Å². The minimum Gasteiger partial charge on any atom is -0.361 e. The van der Waals surface area contributed by atoms with Gasteiger partial charge >= 0.3 is 0 Å². The van der Waals surface area contributed by atoms with Crippen molar-refractivity contribution in [1.82, 2.24) is 5.16 Å². The van der Waals surface area contributed by atoms with Gasteiger partial charge in [0.1, 0.15) is 11.3 Å². The van der Waals surface area contributed by atoms with Crippen molar-refractivity contribution in [3.8, 4) is 0 Å². The number of carbonyl (C=O) groups excluding carboxylic acids is 1. The number of anilines is 1. The van der Waals surface area contributed by atoms with E-state index < -0.39 is 0 Å². The molecule has 4 nitrogen and oxygen atoms in total. The van der Waals surface area contributed by atoms with Crippen LogP contribution in [0, 0.1) is 0 Å². The number of nitrogens with one attached hydrogen (secondary N) is 1. The number of amides is 1. The molecule has 0 spiro atoms. The molecule has 1 amide bonds. The molecule has 0 fully saturated rings. The summed E-state index contributed by atoms with van der Waals surface area (Å²) in [5.74, 6) is 0.349. The smallest absolute Gasteiger partial charge is 0.260 e. The van der Waals surface area contributed by atoms with Crippen LogP contribution in [-0.2, 0) is 6.42 Å². The number of halogens is 1. The Bertz CT molecular complexity index is 520. The van der Waals surface area contributed by atoms with Gasteiger partial charge in [-0.3, -0.25) is 4.79 Å². The molecule has 88 valence electrons. The molecule has 2 aromatic rings. The monoisotopic (exact) mass is 250 g/mol. The number of rotatable bonds is 3. The van der Waals surface area contributed by atoms with Crippen LogP contribution in [0.3, 0.4) is 0 Å². The number of hydrogen-bond acceptors (Lipinski definition) is 3. The molecule has 5 heteroatoms. The summed E-state index contributed by atoms with van der Waals surface area (Å²) >= 11 is 5.76. The summed E-state index contributed by atoms with van der Waals surface area (Å²) in [6.45, 7) is 1.90. The van der Waals surface area contributed by atoms with Gasteiger partial charge in [-0.1, -0.05) is 23.7 Å². The van der Waals surface area contributed by atoms with Crippen molar-refractivity contribution < 1.29 is 9.32 Å². The Balaban J connectivity index is 2.14. The number of aromatic nitrogens is 1. The van der Waals surface area contributed by atoms with Crippen molar-refractivity contribution in [2.75, 3.05) is 5.32 Å². The summed E-state index contributed by atoms with van der Waals surface area (Å²) in [6.07, 6.45) is 2.05. The zero-order valence-corrected chi connectivity index (χ0v) is 9.99. The molecule has 0 atom stereocenters. The van der Waals surface area contributed by atoms with Crippen LogP contribution in [-0.4, -0.2) is 11.1 Å². The van der Waals surface area contributed by atoms with E-state index in [4.69, 9.17) is 16.1 Å². The van der Waals surface area contributed by atoms with E-state index in [1.54, 1.807) is 24.3 Å². The molecule has 1 aromatic heterocycles. The van der Waals surface area contributed by atoms with Crippen LogP contribution in [0.15, 0.2) is 35.0 Å². The molecule has 0 saturated carbocycles. The van der Waals surface area contributed by atoms with E-state index in [0.29, 0.717) is 28.5 Å². The second-order valence-electron chi connectivity index (χ2n) is 3.48. The topological polar surface area (TPSA) is 55.1 Å². The van der Waals surface area contributed by atoms with Gasteiger partial charge < -0.3 is 9.84 Å². The molecule has 0 radical (unpaired) electrons. The van der Waals surface area contributed by atoms with E-state index in [-0.39, 0.29) is 5.91 Å². The first-order valence-electron chi connectivity index (χ1n) is 5.21. The number of carbonyl (C=O) groups is 1. The van der Waals surface area contributed by atoms with E-state index in [0.717, 1.165) is 0 Å². The molecular formula is C12H11ClN2O2. The summed E-state index contributed by atoms with van der Waals surface area (Å²) < 4.78 is 4.96. The summed E-state index contributed by atoms with van der Waals surface area (Å²) in [7, 11) is 0. The minimum atomic E-state index is -0.231. The van der Waals surface area contributed by atoms with Gasteiger partial charge in [-0.05, 0) is 24.3 Å². The number of aryl methyl sites for hydroxylation is 1. The van der Waals surface area contributed by atoms with Crippen molar-refractivity contribution in [1.29, 1.82) is 0 Å². The fourth-order valence-electron chi connectivity index (χ4n) is 1.44. The highest BCUT2D eigenvalue weighted by atomic mass is 35.5. The van der Waals surface area contributed by atoms with Gasteiger partial charge in [0.15, 0.2) is 0 Å². The van der Waals surface area contributed by atoms with Crippen LogP contribution in [0.1, 0.15) is 23.0 Å². The lowest BCUT2D eigenvalue weighted by atomic mass is 10.2. The maximum absolute atomic E-state index is 11.9. The zero-order valence-electron chi connectivity index (χ0n) is 9.24. The fraction of sp³-hybridized carbons (Fsp3) is 0.167. The largest absolute Gasteiger partial charge is 0.361 e. The zero-order chi connectivity index (χ0) is 12.3. The SMILES string of the molecule is CCc1oncc1C(=O)Nc1ccc(Cl)cc1. The molecule has 1 heterocycles. The predicted molar refractivity (Wildman–Crippen MR) is 65.3 cm³/mol. The van der Waals surface area contributed by atoms with Crippen molar-refractivity contribution in [2.45, 2.75) is 13.3 Å². The second kappa shape index (κ2) is 5.01. The highest BCUT2D eigenvalue weighted by Crippen LogP contribution is 2.16. The second-order valence-corrected chi connectivity index (χ2v) is 3.91. The van der Waals surface area contributed by atoms with E-state index >= 15 is 0 Å². The van der Waals surface area contributed by atoms with Crippen LogP contribution in [0.2, 0.25) is 5.02 Å². The Kier molecular flexibility index (Phi) is 3.44. The first kappa shape index (κ1) is 11.7. The standard InChI is InChI=1S/C12H11ClN2O2/c1-2-11-10(7-14-17-11)12(16)15-9-5-3-8(13)4-6-9/h3-7H,2H2,1H3,(H,15,16). The van der Waals surface area contributed by atoms with Gasteiger partial charge in [0.05, 0.1) is 6.20 Å². The summed E-state index contributed by atoms with van der Waals surface area (Å²) in [5.41, 5.74) is 1.14. The van der Waals surface area contributed by atoms with Gasteiger partial charge in [0.25, 0.3) is 5.91 Å². The fourth-order valence-corrected chi connectivity index (χ4v) is 1.56. The number of nitrogens with zero attached hydrogens (tertiary/aromatic N) is 1. The Hall–Kier alpha value is -1.81. The maximum atomic E-state index is 11.9. The van der Waals surface area contributed by atoms with Gasteiger partial charge in [0, 0.05) is 17.1 Å².